The lowest BCUT2D eigenvalue weighted by Gasteiger charge is -2.25. The molecule has 1 amide bonds. The van der Waals surface area contributed by atoms with E-state index in [1.807, 2.05) is 6.92 Å². The molecule has 2 N–H and O–H groups in total. The second-order valence-corrected chi connectivity index (χ2v) is 7.70. The van der Waals surface area contributed by atoms with Gasteiger partial charge in [0.05, 0.1) is 5.75 Å². The summed E-state index contributed by atoms with van der Waals surface area (Å²) >= 11 is 0. The number of nitrogens with one attached hydrogen (secondary N) is 2. The first kappa shape index (κ1) is 13.8. The molecular weight excluding hydrogens is 252 g/mol. The van der Waals surface area contributed by atoms with Crippen molar-refractivity contribution in [2.45, 2.75) is 43.9 Å². The topological polar surface area (TPSA) is 75.3 Å². The van der Waals surface area contributed by atoms with E-state index in [9.17, 15) is 13.2 Å². The van der Waals surface area contributed by atoms with Gasteiger partial charge >= 0.3 is 0 Å². The zero-order chi connectivity index (χ0) is 13.2. The third-order valence-corrected chi connectivity index (χ3v) is 6.22. The van der Waals surface area contributed by atoms with Crippen molar-refractivity contribution in [1.29, 1.82) is 0 Å². The smallest absolute Gasteiger partial charge is 0.238 e. The van der Waals surface area contributed by atoms with Gasteiger partial charge in [-0.15, -0.1) is 0 Å². The van der Waals surface area contributed by atoms with E-state index in [4.69, 9.17) is 0 Å². The maximum absolute atomic E-state index is 12.1. The average molecular weight is 274 g/mol. The predicted molar refractivity (Wildman–Crippen MR) is 70.0 cm³/mol. The van der Waals surface area contributed by atoms with Crippen molar-refractivity contribution in [3.63, 3.8) is 0 Å². The first-order valence-corrected chi connectivity index (χ1v) is 8.45. The number of sulfone groups is 1. The Morgan fingerprint density at radius 2 is 2.11 bits per heavy atom. The highest BCUT2D eigenvalue weighted by molar-refractivity contribution is 7.92. The molecule has 0 aromatic carbocycles. The molecule has 3 unspecified atom stereocenters. The van der Waals surface area contributed by atoms with Gasteiger partial charge < -0.3 is 10.6 Å². The van der Waals surface area contributed by atoms with Gasteiger partial charge in [0.25, 0.3) is 0 Å². The zero-order valence-corrected chi connectivity index (χ0v) is 11.6. The Bertz CT molecular complexity index is 402. The molecule has 0 radical (unpaired) electrons. The van der Waals surface area contributed by atoms with E-state index >= 15 is 0 Å². The molecule has 3 atom stereocenters. The Labute approximate surface area is 109 Å². The van der Waals surface area contributed by atoms with Crippen LogP contribution in [0, 0.1) is 5.92 Å². The maximum atomic E-state index is 12.1. The highest BCUT2D eigenvalue weighted by Gasteiger charge is 2.36. The molecule has 2 heterocycles. The van der Waals surface area contributed by atoms with Crippen LogP contribution in [0.25, 0.3) is 0 Å². The Kier molecular flexibility index (Phi) is 4.27. The van der Waals surface area contributed by atoms with Crippen molar-refractivity contribution in [2.24, 2.45) is 5.92 Å². The third-order valence-electron chi connectivity index (χ3n) is 4.05. The molecule has 0 aromatic heterocycles. The molecular formula is C12H22N2O3S. The first-order chi connectivity index (χ1) is 8.50. The standard InChI is InChI=1S/C12H22N2O3S/c1-9(10-5-6-13-8-10)14-12(15)11-4-2-3-7-18(11,16)17/h9-11,13H,2-8H2,1H3,(H,14,15). The monoisotopic (exact) mass is 274 g/mol. The van der Waals surface area contributed by atoms with Gasteiger partial charge in [0.2, 0.25) is 5.91 Å². The Morgan fingerprint density at radius 3 is 2.72 bits per heavy atom. The van der Waals surface area contributed by atoms with Gasteiger partial charge in [-0.05, 0) is 45.2 Å². The van der Waals surface area contributed by atoms with E-state index < -0.39 is 15.1 Å². The third kappa shape index (κ3) is 3.03. The summed E-state index contributed by atoms with van der Waals surface area (Å²) in [7, 11) is -3.22. The molecule has 2 aliphatic heterocycles. The highest BCUT2D eigenvalue weighted by Crippen LogP contribution is 2.20. The lowest BCUT2D eigenvalue weighted by atomic mass is 10.0. The van der Waals surface area contributed by atoms with Crippen molar-refractivity contribution in [3.05, 3.63) is 0 Å². The molecule has 0 saturated carbocycles. The number of carbonyl (C=O) groups is 1. The van der Waals surface area contributed by atoms with Crippen LogP contribution in [0.4, 0.5) is 0 Å². The van der Waals surface area contributed by atoms with Crippen LogP contribution < -0.4 is 10.6 Å². The summed E-state index contributed by atoms with van der Waals surface area (Å²) in [6.07, 6.45) is 3.04. The maximum Gasteiger partial charge on any atom is 0.238 e. The van der Waals surface area contributed by atoms with E-state index in [2.05, 4.69) is 10.6 Å². The molecule has 2 fully saturated rings. The number of hydrogen-bond donors (Lipinski definition) is 2. The van der Waals surface area contributed by atoms with Gasteiger partial charge in [0.15, 0.2) is 9.84 Å². The second-order valence-electron chi connectivity index (χ2n) is 5.40. The molecule has 0 aromatic rings. The molecule has 2 saturated heterocycles. The van der Waals surface area contributed by atoms with Crippen molar-refractivity contribution >= 4 is 15.7 Å². The molecule has 2 rings (SSSR count). The Balaban J connectivity index is 1.94. The Hall–Kier alpha value is -0.620. The summed E-state index contributed by atoms with van der Waals surface area (Å²) in [5.41, 5.74) is 0. The van der Waals surface area contributed by atoms with Crippen LogP contribution >= 0.6 is 0 Å². The molecule has 6 heteroatoms. The fourth-order valence-corrected chi connectivity index (χ4v) is 4.60. The lowest BCUT2D eigenvalue weighted by molar-refractivity contribution is -0.121. The summed E-state index contributed by atoms with van der Waals surface area (Å²) in [5, 5.41) is 5.33. The van der Waals surface area contributed by atoms with Crippen molar-refractivity contribution in [1.82, 2.24) is 10.6 Å². The zero-order valence-electron chi connectivity index (χ0n) is 10.8. The number of hydrogen-bond acceptors (Lipinski definition) is 4. The van der Waals surface area contributed by atoms with Gasteiger partial charge in [0.1, 0.15) is 5.25 Å². The van der Waals surface area contributed by atoms with Crippen LogP contribution in [-0.4, -0.2) is 44.5 Å². The van der Waals surface area contributed by atoms with Crippen LogP contribution in [-0.2, 0) is 14.6 Å². The van der Waals surface area contributed by atoms with Crippen LogP contribution in [0.2, 0.25) is 0 Å². The molecule has 18 heavy (non-hydrogen) atoms. The van der Waals surface area contributed by atoms with Crippen molar-refractivity contribution < 1.29 is 13.2 Å². The van der Waals surface area contributed by atoms with E-state index in [1.54, 1.807) is 0 Å². The molecule has 0 spiro atoms. The van der Waals surface area contributed by atoms with Gasteiger partial charge in [0, 0.05) is 6.04 Å². The number of carbonyl (C=O) groups excluding carboxylic acids is 1. The predicted octanol–water partition coefficient (Wildman–Crippen LogP) is 0.0679. The van der Waals surface area contributed by atoms with E-state index in [0.29, 0.717) is 18.8 Å². The van der Waals surface area contributed by atoms with Crippen molar-refractivity contribution in [3.8, 4) is 0 Å². The average Bonchev–Trinajstić information content (AvgIpc) is 2.81. The van der Waals surface area contributed by atoms with E-state index in [-0.39, 0.29) is 17.7 Å². The van der Waals surface area contributed by atoms with Gasteiger partial charge in [-0.25, -0.2) is 8.42 Å². The normalized spacial score (nSPS) is 32.9. The number of rotatable bonds is 3. The SMILES string of the molecule is CC(NC(=O)C1CCCCS1(=O)=O)C1CCNC1. The molecule has 0 bridgehead atoms. The summed E-state index contributed by atoms with van der Waals surface area (Å²) in [4.78, 5) is 12.1. The largest absolute Gasteiger partial charge is 0.352 e. The van der Waals surface area contributed by atoms with Gasteiger partial charge in [-0.1, -0.05) is 6.42 Å². The summed E-state index contributed by atoms with van der Waals surface area (Å²) in [6.45, 7) is 3.84. The molecule has 2 aliphatic rings. The van der Waals surface area contributed by atoms with Gasteiger partial charge in [-0.3, -0.25) is 4.79 Å². The summed E-state index contributed by atoms with van der Waals surface area (Å²) in [6, 6.07) is 0.0460. The lowest BCUT2D eigenvalue weighted by Crippen LogP contribution is -2.48. The van der Waals surface area contributed by atoms with Crippen LogP contribution in [0.1, 0.15) is 32.6 Å². The molecule has 104 valence electrons. The number of amides is 1. The quantitative estimate of drug-likeness (QED) is 0.763. The highest BCUT2D eigenvalue weighted by atomic mass is 32.2. The fourth-order valence-electron chi connectivity index (χ4n) is 2.79. The van der Waals surface area contributed by atoms with E-state index in [0.717, 1.165) is 25.9 Å². The summed E-state index contributed by atoms with van der Waals surface area (Å²) in [5.74, 6) is 0.277. The molecule has 0 aliphatic carbocycles. The Morgan fingerprint density at radius 1 is 1.33 bits per heavy atom. The van der Waals surface area contributed by atoms with E-state index in [1.165, 1.54) is 0 Å². The summed E-state index contributed by atoms with van der Waals surface area (Å²) < 4.78 is 23.7. The minimum absolute atomic E-state index is 0.0460. The fraction of sp³-hybridized carbons (Fsp3) is 0.917. The second kappa shape index (κ2) is 5.57. The minimum atomic E-state index is -3.22. The van der Waals surface area contributed by atoms with Crippen LogP contribution in [0.3, 0.4) is 0 Å². The minimum Gasteiger partial charge on any atom is -0.352 e. The molecule has 5 nitrogen and oxygen atoms in total. The van der Waals surface area contributed by atoms with Gasteiger partial charge in [-0.2, -0.15) is 0 Å². The first-order valence-electron chi connectivity index (χ1n) is 6.73. The van der Waals surface area contributed by atoms with Crippen molar-refractivity contribution in [2.75, 3.05) is 18.8 Å². The van der Waals surface area contributed by atoms with Crippen LogP contribution in [0.15, 0.2) is 0 Å². The van der Waals surface area contributed by atoms with Crippen LogP contribution in [0.5, 0.6) is 0 Å².